The Morgan fingerprint density at radius 2 is 1.76 bits per heavy atom. The largest absolute Gasteiger partial charge is 0.317 e. The topological polar surface area (TPSA) is 15.3 Å². The first-order valence-electron chi connectivity index (χ1n) is 9.46. The molecule has 0 aromatic carbocycles. The molecule has 3 atom stereocenters. The molecular formula is C19H40N2. The van der Waals surface area contributed by atoms with E-state index in [1.807, 2.05) is 0 Å². The SMILES string of the molecule is CCC1CCC(NC)C(CN(CC(C)C)C(CC)CC)C1. The van der Waals surface area contributed by atoms with Crippen molar-refractivity contribution in [1.29, 1.82) is 0 Å². The van der Waals surface area contributed by atoms with Crippen molar-refractivity contribution >= 4 is 0 Å². The monoisotopic (exact) mass is 296 g/mol. The molecule has 0 aliphatic heterocycles. The summed E-state index contributed by atoms with van der Waals surface area (Å²) in [4.78, 5) is 2.80. The second-order valence-corrected chi connectivity index (χ2v) is 7.56. The van der Waals surface area contributed by atoms with Crippen LogP contribution in [0.5, 0.6) is 0 Å². The van der Waals surface area contributed by atoms with Gasteiger partial charge >= 0.3 is 0 Å². The van der Waals surface area contributed by atoms with Gasteiger partial charge in [-0.1, -0.05) is 41.0 Å². The van der Waals surface area contributed by atoms with E-state index < -0.39 is 0 Å². The predicted octanol–water partition coefficient (Wildman–Crippen LogP) is 4.55. The summed E-state index contributed by atoms with van der Waals surface area (Å²) in [5, 5.41) is 3.61. The Bertz CT molecular complexity index is 260. The van der Waals surface area contributed by atoms with E-state index in [0.717, 1.165) is 29.8 Å². The molecule has 1 rings (SSSR count). The number of nitrogens with zero attached hydrogens (tertiary/aromatic N) is 1. The van der Waals surface area contributed by atoms with Crippen LogP contribution in [0.25, 0.3) is 0 Å². The summed E-state index contributed by atoms with van der Waals surface area (Å²) >= 11 is 0. The molecule has 0 spiro atoms. The molecular weight excluding hydrogens is 256 g/mol. The predicted molar refractivity (Wildman–Crippen MR) is 94.8 cm³/mol. The highest BCUT2D eigenvalue weighted by Crippen LogP contribution is 2.32. The Morgan fingerprint density at radius 1 is 1.10 bits per heavy atom. The molecule has 21 heavy (non-hydrogen) atoms. The van der Waals surface area contributed by atoms with Gasteiger partial charge in [0, 0.05) is 25.2 Å². The molecule has 0 aromatic rings. The zero-order valence-corrected chi connectivity index (χ0v) is 15.5. The van der Waals surface area contributed by atoms with Crippen LogP contribution in [0.3, 0.4) is 0 Å². The van der Waals surface area contributed by atoms with Crippen LogP contribution in [0.1, 0.15) is 73.1 Å². The molecule has 1 saturated carbocycles. The summed E-state index contributed by atoms with van der Waals surface area (Å²) in [7, 11) is 2.16. The molecule has 126 valence electrons. The van der Waals surface area contributed by atoms with Gasteiger partial charge in [-0.05, 0) is 56.9 Å². The normalized spacial score (nSPS) is 27.0. The van der Waals surface area contributed by atoms with Crippen molar-refractivity contribution in [3.8, 4) is 0 Å². The van der Waals surface area contributed by atoms with Crippen molar-refractivity contribution in [3.05, 3.63) is 0 Å². The Balaban J connectivity index is 2.72. The molecule has 2 nitrogen and oxygen atoms in total. The van der Waals surface area contributed by atoms with Crippen LogP contribution in [0.15, 0.2) is 0 Å². The zero-order chi connectivity index (χ0) is 15.8. The van der Waals surface area contributed by atoms with Gasteiger partial charge in [-0.2, -0.15) is 0 Å². The van der Waals surface area contributed by atoms with Crippen LogP contribution >= 0.6 is 0 Å². The lowest BCUT2D eigenvalue weighted by Gasteiger charge is -2.41. The fourth-order valence-electron chi connectivity index (χ4n) is 4.26. The molecule has 0 saturated heterocycles. The molecule has 1 fully saturated rings. The lowest BCUT2D eigenvalue weighted by atomic mass is 9.76. The Morgan fingerprint density at radius 3 is 2.24 bits per heavy atom. The first kappa shape index (κ1) is 19.0. The minimum Gasteiger partial charge on any atom is -0.317 e. The van der Waals surface area contributed by atoms with Crippen molar-refractivity contribution in [1.82, 2.24) is 10.2 Å². The minimum atomic E-state index is 0.733. The average Bonchev–Trinajstić information content (AvgIpc) is 2.47. The van der Waals surface area contributed by atoms with Gasteiger partial charge in [-0.25, -0.2) is 0 Å². The first-order chi connectivity index (χ1) is 10.0. The van der Waals surface area contributed by atoms with Crippen LogP contribution < -0.4 is 5.32 Å². The highest BCUT2D eigenvalue weighted by atomic mass is 15.2. The fraction of sp³-hybridized carbons (Fsp3) is 1.00. The van der Waals surface area contributed by atoms with E-state index in [1.54, 1.807) is 0 Å². The number of rotatable bonds is 9. The molecule has 0 heterocycles. The van der Waals surface area contributed by atoms with Gasteiger partial charge in [0.05, 0.1) is 0 Å². The van der Waals surface area contributed by atoms with E-state index in [2.05, 4.69) is 51.9 Å². The van der Waals surface area contributed by atoms with Crippen molar-refractivity contribution in [2.24, 2.45) is 17.8 Å². The third kappa shape index (κ3) is 5.90. The van der Waals surface area contributed by atoms with E-state index in [-0.39, 0.29) is 0 Å². The molecule has 1 aliphatic rings. The van der Waals surface area contributed by atoms with Gasteiger partial charge in [0.15, 0.2) is 0 Å². The Hall–Kier alpha value is -0.0800. The maximum atomic E-state index is 3.61. The van der Waals surface area contributed by atoms with E-state index in [4.69, 9.17) is 0 Å². The molecule has 1 aliphatic carbocycles. The van der Waals surface area contributed by atoms with Crippen molar-refractivity contribution in [3.63, 3.8) is 0 Å². The maximum absolute atomic E-state index is 3.61. The summed E-state index contributed by atoms with van der Waals surface area (Å²) < 4.78 is 0. The van der Waals surface area contributed by atoms with Gasteiger partial charge in [0.25, 0.3) is 0 Å². The fourth-order valence-corrected chi connectivity index (χ4v) is 4.26. The van der Waals surface area contributed by atoms with Crippen molar-refractivity contribution in [2.45, 2.75) is 85.2 Å². The standard InChI is InChI=1S/C19H40N2/c1-7-16-10-11-19(20-6)17(12-16)14-21(13-15(4)5)18(8-2)9-3/h15-20H,7-14H2,1-6H3. The quantitative estimate of drug-likeness (QED) is 0.671. The van der Waals surface area contributed by atoms with Gasteiger partial charge < -0.3 is 5.32 Å². The molecule has 2 heteroatoms. The smallest absolute Gasteiger partial charge is 0.0105 e. The van der Waals surface area contributed by atoms with Gasteiger partial charge in [-0.3, -0.25) is 4.90 Å². The van der Waals surface area contributed by atoms with Crippen LogP contribution in [-0.2, 0) is 0 Å². The minimum absolute atomic E-state index is 0.733. The van der Waals surface area contributed by atoms with E-state index in [0.29, 0.717) is 0 Å². The number of hydrogen-bond acceptors (Lipinski definition) is 2. The van der Waals surface area contributed by atoms with Crippen LogP contribution in [0.4, 0.5) is 0 Å². The third-order valence-corrected chi connectivity index (χ3v) is 5.57. The zero-order valence-electron chi connectivity index (χ0n) is 15.5. The highest BCUT2D eigenvalue weighted by molar-refractivity contribution is 4.87. The third-order valence-electron chi connectivity index (χ3n) is 5.57. The highest BCUT2D eigenvalue weighted by Gasteiger charge is 2.31. The molecule has 0 bridgehead atoms. The molecule has 3 unspecified atom stereocenters. The summed E-state index contributed by atoms with van der Waals surface area (Å²) in [5.41, 5.74) is 0. The summed E-state index contributed by atoms with van der Waals surface area (Å²) in [5.74, 6) is 2.57. The molecule has 0 aromatic heterocycles. The van der Waals surface area contributed by atoms with Crippen molar-refractivity contribution < 1.29 is 0 Å². The van der Waals surface area contributed by atoms with Crippen LogP contribution in [0.2, 0.25) is 0 Å². The maximum Gasteiger partial charge on any atom is 0.0105 e. The summed E-state index contributed by atoms with van der Waals surface area (Å²) in [6.45, 7) is 14.4. The Kier molecular flexibility index (Phi) is 8.89. The van der Waals surface area contributed by atoms with E-state index in [9.17, 15) is 0 Å². The Labute approximate surface area is 134 Å². The number of hydrogen-bond donors (Lipinski definition) is 1. The second kappa shape index (κ2) is 9.84. The van der Waals surface area contributed by atoms with Gasteiger partial charge in [-0.15, -0.1) is 0 Å². The van der Waals surface area contributed by atoms with Crippen molar-refractivity contribution in [2.75, 3.05) is 20.1 Å². The first-order valence-corrected chi connectivity index (χ1v) is 9.46. The van der Waals surface area contributed by atoms with Crippen LogP contribution in [-0.4, -0.2) is 37.1 Å². The lowest BCUT2D eigenvalue weighted by Crippen LogP contribution is -2.48. The average molecular weight is 297 g/mol. The number of nitrogens with one attached hydrogen (secondary N) is 1. The van der Waals surface area contributed by atoms with Crippen LogP contribution in [0, 0.1) is 17.8 Å². The summed E-state index contributed by atoms with van der Waals surface area (Å²) in [6.07, 6.45) is 8.17. The van der Waals surface area contributed by atoms with Gasteiger partial charge in [0.2, 0.25) is 0 Å². The molecule has 0 radical (unpaired) electrons. The lowest BCUT2D eigenvalue weighted by molar-refractivity contribution is 0.0966. The van der Waals surface area contributed by atoms with Gasteiger partial charge in [0.1, 0.15) is 0 Å². The van der Waals surface area contributed by atoms with E-state index in [1.165, 1.54) is 51.6 Å². The second-order valence-electron chi connectivity index (χ2n) is 7.56. The molecule has 0 amide bonds. The van der Waals surface area contributed by atoms with E-state index >= 15 is 0 Å². The summed E-state index contributed by atoms with van der Waals surface area (Å²) in [6, 6.07) is 1.50. The molecule has 1 N–H and O–H groups in total.